The smallest absolute Gasteiger partial charge is 0.174 e. The van der Waals surface area contributed by atoms with Crippen molar-refractivity contribution in [1.82, 2.24) is 9.61 Å². The van der Waals surface area contributed by atoms with Crippen molar-refractivity contribution in [2.75, 3.05) is 0 Å². The third-order valence-electron chi connectivity index (χ3n) is 3.72. The molecule has 0 bridgehead atoms. The first-order chi connectivity index (χ1) is 8.60. The molecular weight excluding hydrogens is 228 g/mol. The Kier molecular flexibility index (Phi) is 2.33. The van der Waals surface area contributed by atoms with Gasteiger partial charge < -0.3 is 0 Å². The standard InChI is InChI=1S/C14H14N2O2/c1-14(5-6-14)13(18)8-12(17)10-9-15-16-7-3-2-4-11(10)16/h2-4,7,9H,5-6,8H2,1H3. The molecule has 2 aromatic rings. The van der Waals surface area contributed by atoms with Crippen LogP contribution in [-0.4, -0.2) is 21.2 Å². The third kappa shape index (κ3) is 1.74. The summed E-state index contributed by atoms with van der Waals surface area (Å²) in [6.45, 7) is 1.93. The van der Waals surface area contributed by atoms with Crippen LogP contribution in [0.5, 0.6) is 0 Å². The molecule has 2 aromatic heterocycles. The van der Waals surface area contributed by atoms with Crippen LogP contribution in [0.25, 0.3) is 5.52 Å². The van der Waals surface area contributed by atoms with Crippen LogP contribution in [0.1, 0.15) is 36.5 Å². The van der Waals surface area contributed by atoms with Crippen LogP contribution in [0.3, 0.4) is 0 Å². The summed E-state index contributed by atoms with van der Waals surface area (Å²) in [6, 6.07) is 5.55. The van der Waals surface area contributed by atoms with E-state index in [4.69, 9.17) is 0 Å². The SMILES string of the molecule is CC1(C(=O)CC(=O)c2cnn3ccccc23)CC1. The van der Waals surface area contributed by atoms with Gasteiger partial charge in [0.15, 0.2) is 5.78 Å². The third-order valence-corrected chi connectivity index (χ3v) is 3.72. The average Bonchev–Trinajstić information content (AvgIpc) is 2.97. The van der Waals surface area contributed by atoms with Gasteiger partial charge in [0.1, 0.15) is 5.78 Å². The first kappa shape index (κ1) is 11.1. The van der Waals surface area contributed by atoms with Crippen molar-refractivity contribution in [3.63, 3.8) is 0 Å². The number of fused-ring (bicyclic) bond motifs is 1. The first-order valence-electron chi connectivity index (χ1n) is 6.09. The molecule has 1 aliphatic carbocycles. The fourth-order valence-electron chi connectivity index (χ4n) is 2.07. The molecule has 0 radical (unpaired) electrons. The van der Waals surface area contributed by atoms with E-state index in [2.05, 4.69) is 5.10 Å². The van der Waals surface area contributed by atoms with Crippen molar-refractivity contribution in [3.8, 4) is 0 Å². The number of Topliss-reactive ketones (excluding diaryl/α,β-unsaturated/α-hetero) is 2. The van der Waals surface area contributed by atoms with Crippen LogP contribution in [0.4, 0.5) is 0 Å². The number of rotatable bonds is 4. The van der Waals surface area contributed by atoms with E-state index in [1.54, 1.807) is 16.9 Å². The predicted octanol–water partition coefficient (Wildman–Crippen LogP) is 2.28. The monoisotopic (exact) mass is 242 g/mol. The van der Waals surface area contributed by atoms with Crippen LogP contribution < -0.4 is 0 Å². The van der Waals surface area contributed by atoms with Gasteiger partial charge in [-0.1, -0.05) is 13.0 Å². The summed E-state index contributed by atoms with van der Waals surface area (Å²) < 4.78 is 1.65. The van der Waals surface area contributed by atoms with E-state index < -0.39 is 0 Å². The molecule has 4 nitrogen and oxygen atoms in total. The van der Waals surface area contributed by atoms with Crippen molar-refractivity contribution in [3.05, 3.63) is 36.2 Å². The fraction of sp³-hybridized carbons (Fsp3) is 0.357. The zero-order valence-electron chi connectivity index (χ0n) is 10.2. The highest BCUT2D eigenvalue weighted by Crippen LogP contribution is 2.46. The lowest BCUT2D eigenvalue weighted by molar-refractivity contribution is -0.122. The molecule has 0 aliphatic heterocycles. The Hall–Kier alpha value is -1.97. The molecule has 18 heavy (non-hydrogen) atoms. The highest BCUT2D eigenvalue weighted by atomic mass is 16.1. The van der Waals surface area contributed by atoms with Crippen molar-refractivity contribution in [1.29, 1.82) is 0 Å². The molecule has 0 saturated heterocycles. The van der Waals surface area contributed by atoms with E-state index in [0.717, 1.165) is 18.4 Å². The Morgan fingerprint density at radius 3 is 2.89 bits per heavy atom. The van der Waals surface area contributed by atoms with Gasteiger partial charge in [-0.3, -0.25) is 9.59 Å². The Labute approximate surface area is 105 Å². The second-order valence-electron chi connectivity index (χ2n) is 5.17. The molecular formula is C14H14N2O2. The normalized spacial score (nSPS) is 16.7. The molecule has 2 heterocycles. The topological polar surface area (TPSA) is 51.4 Å². The van der Waals surface area contributed by atoms with E-state index in [1.807, 2.05) is 25.1 Å². The molecule has 0 N–H and O–H groups in total. The van der Waals surface area contributed by atoms with E-state index in [9.17, 15) is 9.59 Å². The summed E-state index contributed by atoms with van der Waals surface area (Å²) in [5.74, 6) is -0.0721. The average molecular weight is 242 g/mol. The molecule has 0 amide bonds. The lowest BCUT2D eigenvalue weighted by atomic mass is 9.97. The molecule has 3 rings (SSSR count). The largest absolute Gasteiger partial charge is 0.299 e. The van der Waals surface area contributed by atoms with E-state index in [1.165, 1.54) is 0 Å². The van der Waals surface area contributed by atoms with Gasteiger partial charge in [0.2, 0.25) is 0 Å². The molecule has 0 aromatic carbocycles. The van der Waals surface area contributed by atoms with Crippen LogP contribution in [0.2, 0.25) is 0 Å². The van der Waals surface area contributed by atoms with Crippen LogP contribution in [-0.2, 0) is 4.79 Å². The fourth-order valence-corrected chi connectivity index (χ4v) is 2.07. The molecule has 0 spiro atoms. The maximum Gasteiger partial charge on any atom is 0.174 e. The molecule has 0 unspecified atom stereocenters. The maximum absolute atomic E-state index is 12.1. The number of aromatic nitrogens is 2. The second-order valence-corrected chi connectivity index (χ2v) is 5.17. The molecule has 1 aliphatic rings. The summed E-state index contributed by atoms with van der Waals surface area (Å²) in [4.78, 5) is 24.1. The Balaban J connectivity index is 1.86. The van der Waals surface area contributed by atoms with Gasteiger partial charge in [-0.15, -0.1) is 0 Å². The van der Waals surface area contributed by atoms with Gasteiger partial charge in [0.05, 0.1) is 23.7 Å². The Morgan fingerprint density at radius 1 is 1.39 bits per heavy atom. The molecule has 92 valence electrons. The Bertz CT molecular complexity index is 638. The second kappa shape index (κ2) is 3.77. The zero-order valence-corrected chi connectivity index (χ0v) is 10.2. The lowest BCUT2D eigenvalue weighted by Gasteiger charge is -2.05. The summed E-state index contributed by atoms with van der Waals surface area (Å²) in [7, 11) is 0. The van der Waals surface area contributed by atoms with Crippen molar-refractivity contribution >= 4 is 17.1 Å². The zero-order chi connectivity index (χ0) is 12.8. The highest BCUT2D eigenvalue weighted by molar-refractivity contribution is 6.12. The number of nitrogens with zero attached hydrogens (tertiary/aromatic N) is 2. The Morgan fingerprint density at radius 2 is 2.17 bits per heavy atom. The van der Waals surface area contributed by atoms with E-state index in [0.29, 0.717) is 5.56 Å². The van der Waals surface area contributed by atoms with Crippen molar-refractivity contribution in [2.45, 2.75) is 26.2 Å². The number of hydrogen-bond acceptors (Lipinski definition) is 3. The van der Waals surface area contributed by atoms with Crippen molar-refractivity contribution < 1.29 is 9.59 Å². The first-order valence-corrected chi connectivity index (χ1v) is 6.09. The summed E-state index contributed by atoms with van der Waals surface area (Å²) in [5, 5.41) is 4.11. The number of carbonyl (C=O) groups excluding carboxylic acids is 2. The minimum absolute atomic E-state index is 0.00719. The molecule has 1 saturated carbocycles. The van der Waals surface area contributed by atoms with Gasteiger partial charge in [-0.2, -0.15) is 5.10 Å². The van der Waals surface area contributed by atoms with E-state index in [-0.39, 0.29) is 23.4 Å². The van der Waals surface area contributed by atoms with Crippen molar-refractivity contribution in [2.24, 2.45) is 5.41 Å². The van der Waals surface area contributed by atoms with Crippen LogP contribution in [0, 0.1) is 5.41 Å². The van der Waals surface area contributed by atoms with Gasteiger partial charge in [-0.25, -0.2) is 4.52 Å². The summed E-state index contributed by atoms with van der Waals surface area (Å²) >= 11 is 0. The number of pyridine rings is 1. The lowest BCUT2D eigenvalue weighted by Crippen LogP contribution is -2.16. The van der Waals surface area contributed by atoms with E-state index >= 15 is 0 Å². The predicted molar refractivity (Wildman–Crippen MR) is 66.5 cm³/mol. The highest BCUT2D eigenvalue weighted by Gasteiger charge is 2.44. The van der Waals surface area contributed by atoms with Crippen LogP contribution >= 0.6 is 0 Å². The number of carbonyl (C=O) groups is 2. The van der Waals surface area contributed by atoms with Gasteiger partial charge in [-0.05, 0) is 25.0 Å². The summed E-state index contributed by atoms with van der Waals surface area (Å²) in [5.41, 5.74) is 1.06. The number of hydrogen-bond donors (Lipinski definition) is 0. The van der Waals surface area contributed by atoms with Gasteiger partial charge >= 0.3 is 0 Å². The maximum atomic E-state index is 12.1. The van der Waals surface area contributed by atoms with Gasteiger partial charge in [0.25, 0.3) is 0 Å². The quantitative estimate of drug-likeness (QED) is 0.610. The molecule has 4 heteroatoms. The molecule has 0 atom stereocenters. The number of ketones is 2. The minimum Gasteiger partial charge on any atom is -0.299 e. The minimum atomic E-state index is -0.237. The van der Waals surface area contributed by atoms with Gasteiger partial charge in [0, 0.05) is 11.6 Å². The van der Waals surface area contributed by atoms with Crippen LogP contribution in [0.15, 0.2) is 30.6 Å². The molecule has 1 fully saturated rings. The summed E-state index contributed by atoms with van der Waals surface area (Å²) in [6.07, 6.45) is 5.14.